The van der Waals surface area contributed by atoms with E-state index in [1.165, 1.54) is 0 Å². The van der Waals surface area contributed by atoms with Crippen molar-refractivity contribution < 1.29 is 9.32 Å². The summed E-state index contributed by atoms with van der Waals surface area (Å²) in [7, 11) is 0. The summed E-state index contributed by atoms with van der Waals surface area (Å²) < 4.78 is 5.53. The maximum absolute atomic E-state index is 12.6. The van der Waals surface area contributed by atoms with Crippen molar-refractivity contribution in [2.45, 2.75) is 19.9 Å². The van der Waals surface area contributed by atoms with Crippen LogP contribution < -0.4 is 10.6 Å². The van der Waals surface area contributed by atoms with E-state index in [1.807, 2.05) is 86.6 Å². The number of hydrogen-bond acceptors (Lipinski definition) is 3. The van der Waals surface area contributed by atoms with E-state index >= 15 is 0 Å². The molecule has 0 fully saturated rings. The number of anilines is 1. The molecule has 2 N–H and O–H groups in total. The van der Waals surface area contributed by atoms with Crippen molar-refractivity contribution in [3.63, 3.8) is 0 Å². The SMILES string of the molecule is Cc1noc(-c2ccc(-c3ccccc3)cc2)c1NC(=O)N[C@H](C)c1ccccc1. The molecule has 0 unspecified atom stereocenters. The number of amides is 2. The highest BCUT2D eigenvalue weighted by molar-refractivity contribution is 5.94. The zero-order valence-electron chi connectivity index (χ0n) is 16.9. The van der Waals surface area contributed by atoms with E-state index in [4.69, 9.17) is 4.52 Å². The fourth-order valence-electron chi connectivity index (χ4n) is 3.33. The van der Waals surface area contributed by atoms with Crippen molar-refractivity contribution in [1.29, 1.82) is 0 Å². The number of carbonyl (C=O) groups excluding carboxylic acids is 1. The van der Waals surface area contributed by atoms with Crippen molar-refractivity contribution in [3.05, 3.63) is 96.2 Å². The third-order valence-electron chi connectivity index (χ3n) is 5.00. The minimum absolute atomic E-state index is 0.125. The number of nitrogens with zero attached hydrogens (tertiary/aromatic N) is 1. The van der Waals surface area contributed by atoms with Gasteiger partial charge in [-0.1, -0.05) is 90.1 Å². The molecule has 0 bridgehead atoms. The van der Waals surface area contributed by atoms with Crippen molar-refractivity contribution in [2.24, 2.45) is 0 Å². The highest BCUT2D eigenvalue weighted by Gasteiger charge is 2.18. The Bertz CT molecular complexity index is 1120. The van der Waals surface area contributed by atoms with Crippen LogP contribution in [0, 0.1) is 6.92 Å². The molecule has 0 spiro atoms. The highest BCUT2D eigenvalue weighted by Crippen LogP contribution is 2.32. The number of nitrogens with one attached hydrogen (secondary N) is 2. The van der Waals surface area contributed by atoms with E-state index in [1.54, 1.807) is 0 Å². The first-order valence-corrected chi connectivity index (χ1v) is 9.86. The molecule has 1 heterocycles. The lowest BCUT2D eigenvalue weighted by atomic mass is 10.0. The van der Waals surface area contributed by atoms with Crippen LogP contribution in [-0.4, -0.2) is 11.2 Å². The van der Waals surface area contributed by atoms with Gasteiger partial charge in [-0.2, -0.15) is 0 Å². The summed E-state index contributed by atoms with van der Waals surface area (Å²) in [5.74, 6) is 0.537. The number of hydrogen-bond donors (Lipinski definition) is 2. The molecule has 1 atom stereocenters. The summed E-state index contributed by atoms with van der Waals surface area (Å²) in [5.41, 5.74) is 5.33. The normalized spacial score (nSPS) is 11.7. The quantitative estimate of drug-likeness (QED) is 0.421. The fourth-order valence-corrected chi connectivity index (χ4v) is 3.33. The van der Waals surface area contributed by atoms with Crippen LogP contribution in [0.5, 0.6) is 0 Å². The molecule has 0 aliphatic rings. The highest BCUT2D eigenvalue weighted by atomic mass is 16.5. The van der Waals surface area contributed by atoms with Crippen LogP contribution in [0.2, 0.25) is 0 Å². The van der Waals surface area contributed by atoms with Crippen LogP contribution in [0.3, 0.4) is 0 Å². The maximum Gasteiger partial charge on any atom is 0.319 e. The number of benzene rings is 3. The Morgan fingerprint density at radius 2 is 1.40 bits per heavy atom. The summed E-state index contributed by atoms with van der Waals surface area (Å²) in [4.78, 5) is 12.6. The van der Waals surface area contributed by atoms with Gasteiger partial charge in [-0.3, -0.25) is 0 Å². The third kappa shape index (κ3) is 4.25. The average Bonchev–Trinajstić information content (AvgIpc) is 3.15. The second kappa shape index (κ2) is 8.66. The molecular formula is C25H23N3O2. The van der Waals surface area contributed by atoms with Gasteiger partial charge in [0.2, 0.25) is 0 Å². The van der Waals surface area contributed by atoms with Crippen LogP contribution in [-0.2, 0) is 0 Å². The number of rotatable bonds is 5. The molecule has 2 amide bonds. The van der Waals surface area contributed by atoms with Crippen LogP contribution in [0.25, 0.3) is 22.5 Å². The fraction of sp³-hybridized carbons (Fsp3) is 0.120. The van der Waals surface area contributed by atoms with E-state index in [-0.39, 0.29) is 12.1 Å². The van der Waals surface area contributed by atoms with Crippen LogP contribution in [0.4, 0.5) is 10.5 Å². The molecule has 3 aromatic carbocycles. The van der Waals surface area contributed by atoms with Gasteiger partial charge in [0.1, 0.15) is 11.4 Å². The lowest BCUT2D eigenvalue weighted by molar-refractivity contribution is 0.249. The number of aryl methyl sites for hydroxylation is 1. The van der Waals surface area contributed by atoms with Crippen LogP contribution in [0.15, 0.2) is 89.5 Å². The van der Waals surface area contributed by atoms with E-state index in [0.717, 1.165) is 22.3 Å². The van der Waals surface area contributed by atoms with Gasteiger partial charge in [-0.15, -0.1) is 0 Å². The molecule has 0 aliphatic heterocycles. The molecular weight excluding hydrogens is 374 g/mol. The minimum atomic E-state index is -0.306. The van der Waals surface area contributed by atoms with Gasteiger partial charge in [-0.25, -0.2) is 4.79 Å². The Morgan fingerprint density at radius 1 is 0.833 bits per heavy atom. The summed E-state index contributed by atoms with van der Waals surface area (Å²) >= 11 is 0. The first kappa shape index (κ1) is 19.5. The minimum Gasteiger partial charge on any atom is -0.354 e. The van der Waals surface area contributed by atoms with Gasteiger partial charge in [-0.05, 0) is 30.5 Å². The van der Waals surface area contributed by atoms with Gasteiger partial charge < -0.3 is 15.2 Å². The Labute approximate surface area is 175 Å². The maximum atomic E-state index is 12.6. The first-order valence-electron chi connectivity index (χ1n) is 9.86. The third-order valence-corrected chi connectivity index (χ3v) is 5.00. The lowest BCUT2D eigenvalue weighted by Gasteiger charge is -2.15. The Balaban J connectivity index is 1.51. The number of urea groups is 1. The van der Waals surface area contributed by atoms with Crippen LogP contribution in [0.1, 0.15) is 24.2 Å². The summed E-state index contributed by atoms with van der Waals surface area (Å²) in [5, 5.41) is 9.90. The predicted octanol–water partition coefficient (Wildman–Crippen LogP) is 6.20. The topological polar surface area (TPSA) is 67.2 Å². The van der Waals surface area contributed by atoms with Gasteiger partial charge >= 0.3 is 6.03 Å². The molecule has 0 aliphatic carbocycles. The van der Waals surface area contributed by atoms with E-state index in [9.17, 15) is 4.79 Å². The first-order chi connectivity index (χ1) is 14.6. The molecule has 4 aromatic rings. The standard InChI is InChI=1S/C25H23N3O2/c1-17(19-9-5-3-6-10-19)26-25(29)27-23-18(2)28-30-24(23)22-15-13-21(14-16-22)20-11-7-4-8-12-20/h3-17H,1-2H3,(H2,26,27,29)/t17-/m1/s1. The molecule has 5 nitrogen and oxygen atoms in total. The van der Waals surface area contributed by atoms with Crippen molar-refractivity contribution >= 4 is 11.7 Å². The van der Waals surface area contributed by atoms with Crippen molar-refractivity contribution in [2.75, 3.05) is 5.32 Å². The zero-order valence-corrected chi connectivity index (χ0v) is 16.9. The summed E-state index contributed by atoms with van der Waals surface area (Å²) in [6, 6.07) is 27.6. The summed E-state index contributed by atoms with van der Waals surface area (Å²) in [6.07, 6.45) is 0. The molecule has 5 heteroatoms. The zero-order chi connectivity index (χ0) is 20.9. The van der Waals surface area contributed by atoms with Gasteiger partial charge in [0.05, 0.1) is 6.04 Å². The second-order valence-electron chi connectivity index (χ2n) is 7.15. The van der Waals surface area contributed by atoms with E-state index in [2.05, 4.69) is 27.9 Å². The molecule has 30 heavy (non-hydrogen) atoms. The van der Waals surface area contributed by atoms with E-state index < -0.39 is 0 Å². The Morgan fingerprint density at radius 3 is 2.07 bits per heavy atom. The predicted molar refractivity (Wildman–Crippen MR) is 119 cm³/mol. The average molecular weight is 397 g/mol. The number of carbonyl (C=O) groups is 1. The van der Waals surface area contributed by atoms with Crippen LogP contribution >= 0.6 is 0 Å². The molecule has 0 radical (unpaired) electrons. The van der Waals surface area contributed by atoms with Crippen molar-refractivity contribution in [1.82, 2.24) is 10.5 Å². The largest absolute Gasteiger partial charge is 0.354 e. The number of aromatic nitrogens is 1. The second-order valence-corrected chi connectivity index (χ2v) is 7.15. The van der Waals surface area contributed by atoms with Gasteiger partial charge in [0.15, 0.2) is 5.76 Å². The molecule has 4 rings (SSSR count). The monoisotopic (exact) mass is 397 g/mol. The molecule has 150 valence electrons. The Kier molecular flexibility index (Phi) is 5.61. The Hall–Kier alpha value is -3.86. The molecule has 0 saturated heterocycles. The van der Waals surface area contributed by atoms with Gasteiger partial charge in [0.25, 0.3) is 0 Å². The van der Waals surface area contributed by atoms with E-state index in [0.29, 0.717) is 17.1 Å². The van der Waals surface area contributed by atoms with Gasteiger partial charge in [0, 0.05) is 5.56 Å². The molecule has 1 aromatic heterocycles. The summed E-state index contributed by atoms with van der Waals surface area (Å²) in [6.45, 7) is 3.75. The molecule has 0 saturated carbocycles. The smallest absolute Gasteiger partial charge is 0.319 e. The van der Waals surface area contributed by atoms with Crippen molar-refractivity contribution in [3.8, 4) is 22.5 Å². The lowest BCUT2D eigenvalue weighted by Crippen LogP contribution is -2.31.